The van der Waals surface area contributed by atoms with Gasteiger partial charge in [-0.1, -0.05) is 0 Å². The van der Waals surface area contributed by atoms with E-state index in [0.29, 0.717) is 29.9 Å². The molecule has 0 atom stereocenters. The molecular weight excluding hydrogens is 292 g/mol. The van der Waals surface area contributed by atoms with Crippen LogP contribution < -0.4 is 9.64 Å². The van der Waals surface area contributed by atoms with Gasteiger partial charge in [-0.2, -0.15) is 5.26 Å². The highest BCUT2D eigenvalue weighted by Gasteiger charge is 2.23. The highest BCUT2D eigenvalue weighted by molar-refractivity contribution is 5.49. The van der Waals surface area contributed by atoms with Crippen molar-refractivity contribution >= 4 is 5.82 Å². The summed E-state index contributed by atoms with van der Waals surface area (Å²) in [5, 5.41) is 9.12. The van der Waals surface area contributed by atoms with Crippen molar-refractivity contribution in [2.24, 2.45) is 5.92 Å². The first-order valence-electron chi connectivity index (χ1n) is 7.64. The van der Waals surface area contributed by atoms with E-state index < -0.39 is 0 Å². The Labute approximate surface area is 135 Å². The lowest BCUT2D eigenvalue weighted by Gasteiger charge is -2.32. The third-order valence-corrected chi connectivity index (χ3v) is 3.94. The van der Waals surface area contributed by atoms with Crippen molar-refractivity contribution in [3.63, 3.8) is 0 Å². The Kier molecular flexibility index (Phi) is 4.62. The molecule has 1 aliphatic heterocycles. The lowest BCUT2D eigenvalue weighted by Crippen LogP contribution is -2.36. The molecule has 2 aromatic heterocycles. The molecule has 1 fully saturated rings. The van der Waals surface area contributed by atoms with Crippen LogP contribution in [0.3, 0.4) is 0 Å². The molecule has 0 aromatic carbocycles. The van der Waals surface area contributed by atoms with Crippen molar-refractivity contribution in [3.05, 3.63) is 36.2 Å². The number of ether oxygens (including phenoxy) is 1. The summed E-state index contributed by atoms with van der Waals surface area (Å²) in [6.07, 6.45) is 6.68. The minimum atomic E-state index is 0.388. The molecule has 3 rings (SSSR count). The molecule has 1 saturated heterocycles. The lowest BCUT2D eigenvalue weighted by atomic mass is 9.98. The zero-order valence-corrected chi connectivity index (χ0v) is 13.0. The molecule has 0 aliphatic carbocycles. The van der Waals surface area contributed by atoms with Gasteiger partial charge < -0.3 is 9.64 Å². The van der Waals surface area contributed by atoms with Crippen LogP contribution in [0.5, 0.6) is 5.88 Å². The SMILES string of the molecule is Cc1cc(OCC2CCN(c3nccnc3C#N)CC2)ncn1. The van der Waals surface area contributed by atoms with Crippen molar-refractivity contribution in [2.45, 2.75) is 19.8 Å². The second-order valence-electron chi connectivity index (χ2n) is 5.58. The number of hydrogen-bond acceptors (Lipinski definition) is 7. The molecule has 1 aliphatic rings. The summed E-state index contributed by atoms with van der Waals surface area (Å²) in [5.41, 5.74) is 1.29. The minimum absolute atomic E-state index is 0.388. The smallest absolute Gasteiger partial charge is 0.216 e. The summed E-state index contributed by atoms with van der Waals surface area (Å²) in [5.74, 6) is 1.78. The van der Waals surface area contributed by atoms with E-state index in [-0.39, 0.29) is 0 Å². The van der Waals surface area contributed by atoms with Crippen LogP contribution in [0.4, 0.5) is 5.82 Å². The summed E-state index contributed by atoms with van der Waals surface area (Å²) in [6.45, 7) is 4.27. The van der Waals surface area contributed by atoms with Gasteiger partial charge in [0, 0.05) is 37.2 Å². The average molecular weight is 310 g/mol. The van der Waals surface area contributed by atoms with Gasteiger partial charge in [0.2, 0.25) is 5.88 Å². The average Bonchev–Trinajstić information content (AvgIpc) is 2.60. The maximum atomic E-state index is 9.12. The van der Waals surface area contributed by atoms with E-state index in [4.69, 9.17) is 10.00 Å². The second kappa shape index (κ2) is 7.01. The van der Waals surface area contributed by atoms with Crippen LogP contribution in [0.15, 0.2) is 24.8 Å². The van der Waals surface area contributed by atoms with E-state index in [0.717, 1.165) is 31.6 Å². The van der Waals surface area contributed by atoms with Crippen LogP contribution in [0.1, 0.15) is 24.2 Å². The fourth-order valence-electron chi connectivity index (χ4n) is 2.66. The normalized spacial score (nSPS) is 15.2. The number of aryl methyl sites for hydroxylation is 1. The highest BCUT2D eigenvalue weighted by atomic mass is 16.5. The van der Waals surface area contributed by atoms with Gasteiger partial charge in [0.25, 0.3) is 0 Å². The molecule has 118 valence electrons. The number of rotatable bonds is 4. The highest BCUT2D eigenvalue weighted by Crippen LogP contribution is 2.23. The van der Waals surface area contributed by atoms with Crippen molar-refractivity contribution in [1.29, 1.82) is 5.26 Å². The molecule has 23 heavy (non-hydrogen) atoms. The Balaban J connectivity index is 1.53. The zero-order chi connectivity index (χ0) is 16.1. The van der Waals surface area contributed by atoms with Crippen LogP contribution in [0.2, 0.25) is 0 Å². The van der Waals surface area contributed by atoms with E-state index in [1.807, 2.05) is 13.0 Å². The largest absolute Gasteiger partial charge is 0.477 e. The number of anilines is 1. The van der Waals surface area contributed by atoms with Crippen molar-refractivity contribution in [1.82, 2.24) is 19.9 Å². The van der Waals surface area contributed by atoms with E-state index in [1.54, 1.807) is 12.4 Å². The van der Waals surface area contributed by atoms with E-state index in [1.165, 1.54) is 6.33 Å². The molecule has 0 saturated carbocycles. The van der Waals surface area contributed by atoms with Crippen LogP contribution in [0, 0.1) is 24.2 Å². The molecular formula is C16H18N6O. The topological polar surface area (TPSA) is 87.8 Å². The van der Waals surface area contributed by atoms with Gasteiger partial charge in [-0.15, -0.1) is 0 Å². The van der Waals surface area contributed by atoms with Gasteiger partial charge in [0.1, 0.15) is 12.4 Å². The number of nitrogens with zero attached hydrogens (tertiary/aromatic N) is 6. The van der Waals surface area contributed by atoms with Gasteiger partial charge in [0.15, 0.2) is 11.5 Å². The first-order valence-corrected chi connectivity index (χ1v) is 7.64. The van der Waals surface area contributed by atoms with Gasteiger partial charge >= 0.3 is 0 Å². The van der Waals surface area contributed by atoms with Crippen LogP contribution in [-0.2, 0) is 0 Å². The Bertz CT molecular complexity index is 706. The summed E-state index contributed by atoms with van der Waals surface area (Å²) in [4.78, 5) is 18.7. The summed E-state index contributed by atoms with van der Waals surface area (Å²) in [6, 6.07) is 3.94. The van der Waals surface area contributed by atoms with Crippen LogP contribution in [-0.4, -0.2) is 39.6 Å². The molecule has 0 bridgehead atoms. The summed E-state index contributed by atoms with van der Waals surface area (Å²) < 4.78 is 5.76. The number of hydrogen-bond donors (Lipinski definition) is 0. The van der Waals surface area contributed by atoms with Crippen molar-refractivity contribution in [3.8, 4) is 11.9 Å². The minimum Gasteiger partial charge on any atom is -0.477 e. The molecule has 7 nitrogen and oxygen atoms in total. The number of piperidine rings is 1. The summed E-state index contributed by atoms with van der Waals surface area (Å²) >= 11 is 0. The molecule has 0 spiro atoms. The maximum absolute atomic E-state index is 9.12. The third-order valence-electron chi connectivity index (χ3n) is 3.94. The molecule has 2 aromatic rings. The molecule has 0 N–H and O–H groups in total. The van der Waals surface area contributed by atoms with Crippen molar-refractivity contribution in [2.75, 3.05) is 24.6 Å². The van der Waals surface area contributed by atoms with Crippen LogP contribution in [0.25, 0.3) is 0 Å². The maximum Gasteiger partial charge on any atom is 0.216 e. The molecule has 0 amide bonds. The van der Waals surface area contributed by atoms with E-state index in [2.05, 4.69) is 30.9 Å². The lowest BCUT2D eigenvalue weighted by molar-refractivity contribution is 0.215. The first-order chi connectivity index (χ1) is 11.3. The van der Waals surface area contributed by atoms with Gasteiger partial charge in [-0.3, -0.25) is 0 Å². The van der Waals surface area contributed by atoms with Gasteiger partial charge in [-0.05, 0) is 25.7 Å². The molecule has 7 heteroatoms. The molecule has 3 heterocycles. The Morgan fingerprint density at radius 3 is 2.74 bits per heavy atom. The number of aromatic nitrogens is 4. The molecule has 0 radical (unpaired) electrons. The Morgan fingerprint density at radius 2 is 2.00 bits per heavy atom. The Hall–Kier alpha value is -2.75. The third kappa shape index (κ3) is 3.72. The number of nitriles is 1. The predicted molar refractivity (Wildman–Crippen MR) is 83.9 cm³/mol. The zero-order valence-electron chi connectivity index (χ0n) is 13.0. The Morgan fingerprint density at radius 1 is 1.22 bits per heavy atom. The first kappa shape index (κ1) is 15.2. The molecule has 0 unspecified atom stereocenters. The van der Waals surface area contributed by atoms with Crippen LogP contribution >= 0.6 is 0 Å². The second-order valence-corrected chi connectivity index (χ2v) is 5.58. The van der Waals surface area contributed by atoms with Crippen molar-refractivity contribution < 1.29 is 4.74 Å². The predicted octanol–water partition coefficient (Wildman–Crippen LogP) is 1.74. The quantitative estimate of drug-likeness (QED) is 0.850. The van der Waals surface area contributed by atoms with Gasteiger partial charge in [-0.25, -0.2) is 19.9 Å². The standard InChI is InChI=1S/C16H18N6O/c1-12-8-15(21-11-20-12)23-10-13-2-6-22(7-3-13)16-14(9-17)18-4-5-19-16/h4-5,8,11,13H,2-3,6-7,10H2,1H3. The fourth-order valence-corrected chi connectivity index (χ4v) is 2.66. The fraction of sp³-hybridized carbons (Fsp3) is 0.438. The summed E-state index contributed by atoms with van der Waals surface area (Å²) in [7, 11) is 0. The van der Waals surface area contributed by atoms with E-state index in [9.17, 15) is 0 Å². The van der Waals surface area contributed by atoms with Gasteiger partial charge in [0.05, 0.1) is 6.61 Å². The van der Waals surface area contributed by atoms with E-state index >= 15 is 0 Å². The monoisotopic (exact) mass is 310 g/mol.